The zero-order chi connectivity index (χ0) is 16.9. The van der Waals surface area contributed by atoms with Crippen LogP contribution in [0.4, 0.5) is 0 Å². The Kier molecular flexibility index (Phi) is 10.6. The molecule has 0 aliphatic rings. The lowest BCUT2D eigenvalue weighted by Gasteiger charge is -2.14. The van der Waals surface area contributed by atoms with Gasteiger partial charge in [0.05, 0.1) is 6.54 Å². The second-order valence-electron chi connectivity index (χ2n) is 5.83. The molecule has 0 bridgehead atoms. The van der Waals surface area contributed by atoms with Crippen molar-refractivity contribution in [2.75, 3.05) is 39.2 Å². The fourth-order valence-electron chi connectivity index (χ4n) is 2.29. The lowest BCUT2D eigenvalue weighted by Crippen LogP contribution is -2.37. The standard InChI is InChI=1S/C18H32N4S/c1-5-19-18(20-12-8-9-13-23-4)21-14-16-10-6-7-11-17(16)15-22(2)3/h6-7,10-11H,5,8-9,12-15H2,1-4H3,(H2,19,20,21). The molecule has 4 nitrogen and oxygen atoms in total. The Hall–Kier alpha value is -1.20. The first-order valence-electron chi connectivity index (χ1n) is 8.40. The van der Waals surface area contributed by atoms with Gasteiger partial charge in [0.15, 0.2) is 5.96 Å². The predicted molar refractivity (Wildman–Crippen MR) is 104 cm³/mol. The van der Waals surface area contributed by atoms with E-state index in [4.69, 9.17) is 4.99 Å². The van der Waals surface area contributed by atoms with E-state index < -0.39 is 0 Å². The van der Waals surface area contributed by atoms with Crippen molar-refractivity contribution < 1.29 is 0 Å². The molecule has 0 atom stereocenters. The molecule has 0 aromatic heterocycles. The van der Waals surface area contributed by atoms with Gasteiger partial charge in [-0.15, -0.1) is 0 Å². The van der Waals surface area contributed by atoms with Gasteiger partial charge in [-0.05, 0) is 57.0 Å². The summed E-state index contributed by atoms with van der Waals surface area (Å²) >= 11 is 1.91. The Morgan fingerprint density at radius 3 is 2.52 bits per heavy atom. The van der Waals surface area contributed by atoms with Gasteiger partial charge in [0.2, 0.25) is 0 Å². The van der Waals surface area contributed by atoms with Crippen LogP contribution in [0.2, 0.25) is 0 Å². The maximum atomic E-state index is 4.74. The van der Waals surface area contributed by atoms with Crippen LogP contribution in [0.1, 0.15) is 30.9 Å². The molecule has 0 heterocycles. The Morgan fingerprint density at radius 2 is 1.87 bits per heavy atom. The van der Waals surface area contributed by atoms with E-state index in [1.807, 2.05) is 11.8 Å². The third-order valence-corrected chi connectivity index (χ3v) is 4.12. The van der Waals surface area contributed by atoms with Gasteiger partial charge in [0.1, 0.15) is 0 Å². The maximum Gasteiger partial charge on any atom is 0.191 e. The summed E-state index contributed by atoms with van der Waals surface area (Å²) in [6, 6.07) is 8.55. The molecule has 0 spiro atoms. The largest absolute Gasteiger partial charge is 0.357 e. The Labute approximate surface area is 146 Å². The van der Waals surface area contributed by atoms with Gasteiger partial charge in [0.25, 0.3) is 0 Å². The van der Waals surface area contributed by atoms with E-state index in [1.165, 1.54) is 29.7 Å². The number of benzene rings is 1. The number of aliphatic imine (C=N–C) groups is 1. The normalized spacial score (nSPS) is 11.8. The summed E-state index contributed by atoms with van der Waals surface area (Å²) < 4.78 is 0. The molecule has 0 radical (unpaired) electrons. The summed E-state index contributed by atoms with van der Waals surface area (Å²) in [7, 11) is 4.19. The smallest absolute Gasteiger partial charge is 0.191 e. The summed E-state index contributed by atoms with van der Waals surface area (Å²) in [5, 5.41) is 6.76. The zero-order valence-electron chi connectivity index (χ0n) is 15.1. The molecule has 1 aromatic carbocycles. The number of rotatable bonds is 10. The number of nitrogens with one attached hydrogen (secondary N) is 2. The fourth-order valence-corrected chi connectivity index (χ4v) is 2.78. The molecule has 2 N–H and O–H groups in total. The Bertz CT molecular complexity index is 460. The van der Waals surface area contributed by atoms with E-state index in [1.54, 1.807) is 0 Å². The average molecular weight is 337 g/mol. The van der Waals surface area contributed by atoms with Gasteiger partial charge < -0.3 is 15.5 Å². The summed E-state index contributed by atoms with van der Waals surface area (Å²) in [4.78, 5) is 6.93. The highest BCUT2D eigenvalue weighted by molar-refractivity contribution is 7.98. The monoisotopic (exact) mass is 336 g/mol. The maximum absolute atomic E-state index is 4.74. The average Bonchev–Trinajstić information content (AvgIpc) is 2.53. The molecule has 23 heavy (non-hydrogen) atoms. The van der Waals surface area contributed by atoms with Crippen molar-refractivity contribution in [3.8, 4) is 0 Å². The SMILES string of the molecule is CCNC(=NCc1ccccc1CN(C)C)NCCCCSC. The number of hydrogen-bond donors (Lipinski definition) is 2. The molecular weight excluding hydrogens is 304 g/mol. The highest BCUT2D eigenvalue weighted by Crippen LogP contribution is 2.11. The molecule has 0 unspecified atom stereocenters. The molecule has 0 amide bonds. The first-order chi connectivity index (χ1) is 11.2. The van der Waals surface area contributed by atoms with Crippen molar-refractivity contribution in [1.29, 1.82) is 0 Å². The van der Waals surface area contributed by atoms with Crippen LogP contribution in [-0.2, 0) is 13.1 Å². The van der Waals surface area contributed by atoms with E-state index >= 15 is 0 Å². The topological polar surface area (TPSA) is 39.7 Å². The minimum Gasteiger partial charge on any atom is -0.357 e. The van der Waals surface area contributed by atoms with Crippen LogP contribution >= 0.6 is 11.8 Å². The van der Waals surface area contributed by atoms with E-state index in [-0.39, 0.29) is 0 Å². The predicted octanol–water partition coefficient (Wildman–Crippen LogP) is 2.95. The second kappa shape index (κ2) is 12.3. The number of nitrogens with zero attached hydrogens (tertiary/aromatic N) is 2. The first-order valence-corrected chi connectivity index (χ1v) is 9.79. The first kappa shape index (κ1) is 19.8. The van der Waals surface area contributed by atoms with Crippen LogP contribution in [0.25, 0.3) is 0 Å². The number of thioether (sulfide) groups is 1. The zero-order valence-corrected chi connectivity index (χ0v) is 15.9. The minimum absolute atomic E-state index is 0.712. The van der Waals surface area contributed by atoms with Crippen LogP contribution in [0.15, 0.2) is 29.3 Å². The van der Waals surface area contributed by atoms with Crippen LogP contribution in [0, 0.1) is 0 Å². The van der Waals surface area contributed by atoms with Crippen LogP contribution in [-0.4, -0.2) is 50.1 Å². The van der Waals surface area contributed by atoms with Crippen LogP contribution in [0.5, 0.6) is 0 Å². The van der Waals surface area contributed by atoms with Crippen molar-refractivity contribution in [1.82, 2.24) is 15.5 Å². The third-order valence-electron chi connectivity index (χ3n) is 3.42. The van der Waals surface area contributed by atoms with Gasteiger partial charge >= 0.3 is 0 Å². The number of unbranched alkanes of at least 4 members (excludes halogenated alkanes) is 1. The van der Waals surface area contributed by atoms with E-state index in [0.717, 1.165) is 25.6 Å². The van der Waals surface area contributed by atoms with E-state index in [0.29, 0.717) is 6.54 Å². The summed E-state index contributed by atoms with van der Waals surface area (Å²) in [6.07, 6.45) is 4.59. The molecule has 0 aliphatic carbocycles. The van der Waals surface area contributed by atoms with Crippen LogP contribution < -0.4 is 10.6 Å². The van der Waals surface area contributed by atoms with E-state index in [9.17, 15) is 0 Å². The van der Waals surface area contributed by atoms with Gasteiger partial charge in [-0.1, -0.05) is 24.3 Å². The Balaban J connectivity index is 2.59. The minimum atomic E-state index is 0.712. The third kappa shape index (κ3) is 8.86. The molecule has 1 aromatic rings. The van der Waals surface area contributed by atoms with Gasteiger partial charge in [0, 0.05) is 19.6 Å². The van der Waals surface area contributed by atoms with Gasteiger partial charge in [-0.3, -0.25) is 0 Å². The lowest BCUT2D eigenvalue weighted by molar-refractivity contribution is 0.401. The molecular formula is C18H32N4S. The molecule has 0 saturated carbocycles. The molecule has 0 saturated heterocycles. The van der Waals surface area contributed by atoms with Crippen molar-refractivity contribution >= 4 is 17.7 Å². The van der Waals surface area contributed by atoms with Gasteiger partial charge in [-0.25, -0.2) is 4.99 Å². The number of hydrogen-bond acceptors (Lipinski definition) is 3. The molecule has 5 heteroatoms. The second-order valence-corrected chi connectivity index (χ2v) is 6.81. The van der Waals surface area contributed by atoms with Crippen molar-refractivity contribution in [2.45, 2.75) is 32.9 Å². The van der Waals surface area contributed by atoms with E-state index in [2.05, 4.69) is 67.1 Å². The lowest BCUT2D eigenvalue weighted by atomic mass is 10.1. The van der Waals surface area contributed by atoms with Crippen molar-refractivity contribution in [3.63, 3.8) is 0 Å². The fraction of sp³-hybridized carbons (Fsp3) is 0.611. The van der Waals surface area contributed by atoms with Gasteiger partial charge in [-0.2, -0.15) is 11.8 Å². The highest BCUT2D eigenvalue weighted by atomic mass is 32.2. The highest BCUT2D eigenvalue weighted by Gasteiger charge is 2.03. The quantitative estimate of drug-likeness (QED) is 0.391. The summed E-state index contributed by atoms with van der Waals surface area (Å²) in [5.74, 6) is 2.14. The molecule has 0 fully saturated rings. The van der Waals surface area contributed by atoms with Crippen molar-refractivity contribution in [3.05, 3.63) is 35.4 Å². The molecule has 130 valence electrons. The summed E-state index contributed by atoms with van der Waals surface area (Å²) in [6.45, 7) is 5.63. The van der Waals surface area contributed by atoms with Crippen molar-refractivity contribution in [2.24, 2.45) is 4.99 Å². The summed E-state index contributed by atoms with van der Waals surface area (Å²) in [5.41, 5.74) is 2.64. The molecule has 0 aliphatic heterocycles. The number of guanidine groups is 1. The Morgan fingerprint density at radius 1 is 1.13 bits per heavy atom. The van der Waals surface area contributed by atoms with Crippen LogP contribution in [0.3, 0.4) is 0 Å². The molecule has 1 rings (SSSR count).